The lowest BCUT2D eigenvalue weighted by Crippen LogP contribution is -2.13. The van der Waals surface area contributed by atoms with Crippen molar-refractivity contribution in [2.24, 2.45) is 0 Å². The Morgan fingerprint density at radius 1 is 1.09 bits per heavy atom. The summed E-state index contributed by atoms with van der Waals surface area (Å²) in [5.74, 6) is 1.33. The van der Waals surface area contributed by atoms with Crippen molar-refractivity contribution >= 4 is 38.3 Å². The van der Waals surface area contributed by atoms with Gasteiger partial charge in [-0.25, -0.2) is 8.42 Å². The van der Waals surface area contributed by atoms with Gasteiger partial charge in [0.25, 0.3) is 10.0 Å². The first-order valence-electron chi connectivity index (χ1n) is 6.95. The quantitative estimate of drug-likeness (QED) is 0.683. The zero-order chi connectivity index (χ0) is 17.0. The molecule has 124 valence electrons. The van der Waals surface area contributed by atoms with Gasteiger partial charge in [0, 0.05) is 5.69 Å². The number of ether oxygens (including phenoxy) is 2. The molecule has 2 aromatic carbocycles. The SMILES string of the molecule is COc1ccc(S(=O)(=O)Nc2ccc(OC(C)C)cc2)cc1I. The fourth-order valence-corrected chi connectivity index (χ4v) is 3.93. The molecule has 0 saturated carbocycles. The van der Waals surface area contributed by atoms with Crippen molar-refractivity contribution in [3.63, 3.8) is 0 Å². The summed E-state index contributed by atoms with van der Waals surface area (Å²) in [6.07, 6.45) is 0.0684. The first kappa shape index (κ1) is 17.9. The maximum absolute atomic E-state index is 12.4. The molecule has 1 N–H and O–H groups in total. The van der Waals surface area contributed by atoms with Gasteiger partial charge in [-0.2, -0.15) is 0 Å². The summed E-state index contributed by atoms with van der Waals surface area (Å²) in [6.45, 7) is 3.86. The molecule has 0 amide bonds. The molecule has 2 rings (SSSR count). The number of benzene rings is 2. The first-order chi connectivity index (χ1) is 10.8. The number of hydrogen-bond acceptors (Lipinski definition) is 4. The summed E-state index contributed by atoms with van der Waals surface area (Å²) in [6, 6.07) is 11.5. The molecular weight excluding hydrogens is 429 g/mol. The molecule has 0 atom stereocenters. The van der Waals surface area contributed by atoms with Gasteiger partial charge in [0.1, 0.15) is 11.5 Å². The molecular formula is C16H18INO4S. The molecule has 0 spiro atoms. The van der Waals surface area contributed by atoms with E-state index in [1.807, 2.05) is 36.4 Å². The minimum Gasteiger partial charge on any atom is -0.496 e. The molecule has 0 saturated heterocycles. The van der Waals surface area contributed by atoms with Crippen molar-refractivity contribution in [1.82, 2.24) is 0 Å². The lowest BCUT2D eigenvalue weighted by atomic mass is 10.3. The Morgan fingerprint density at radius 2 is 1.74 bits per heavy atom. The molecule has 0 aliphatic heterocycles. The van der Waals surface area contributed by atoms with Crippen LogP contribution in [0.25, 0.3) is 0 Å². The highest BCUT2D eigenvalue weighted by Gasteiger charge is 2.16. The molecule has 7 heteroatoms. The Balaban J connectivity index is 2.19. The van der Waals surface area contributed by atoms with Crippen molar-refractivity contribution in [2.75, 3.05) is 11.8 Å². The number of halogens is 1. The van der Waals surface area contributed by atoms with E-state index in [1.165, 1.54) is 6.07 Å². The fourth-order valence-electron chi connectivity index (χ4n) is 1.90. The van der Waals surface area contributed by atoms with Gasteiger partial charge in [0.15, 0.2) is 0 Å². The highest BCUT2D eigenvalue weighted by molar-refractivity contribution is 14.1. The Bertz CT molecular complexity index is 773. The lowest BCUT2D eigenvalue weighted by molar-refractivity contribution is 0.242. The van der Waals surface area contributed by atoms with Crippen LogP contribution >= 0.6 is 22.6 Å². The van der Waals surface area contributed by atoms with E-state index in [4.69, 9.17) is 9.47 Å². The van der Waals surface area contributed by atoms with Crippen LogP contribution in [0.15, 0.2) is 47.4 Å². The number of rotatable bonds is 6. The molecule has 2 aromatic rings. The first-order valence-corrected chi connectivity index (χ1v) is 9.51. The van der Waals surface area contributed by atoms with E-state index in [-0.39, 0.29) is 11.0 Å². The van der Waals surface area contributed by atoms with Crippen LogP contribution in [-0.4, -0.2) is 21.6 Å². The van der Waals surface area contributed by atoms with Crippen molar-refractivity contribution in [3.8, 4) is 11.5 Å². The standard InChI is InChI=1S/C16H18INO4S/c1-11(2)22-13-6-4-12(5-7-13)18-23(19,20)14-8-9-16(21-3)15(17)10-14/h4-11,18H,1-3H3. The van der Waals surface area contributed by atoms with Crippen LogP contribution in [0.4, 0.5) is 5.69 Å². The van der Waals surface area contributed by atoms with E-state index in [0.717, 1.165) is 3.57 Å². The zero-order valence-corrected chi connectivity index (χ0v) is 16.0. The number of sulfonamides is 1. The van der Waals surface area contributed by atoms with Gasteiger partial charge in [0.05, 0.1) is 21.7 Å². The van der Waals surface area contributed by atoms with E-state index < -0.39 is 10.0 Å². The Labute approximate surface area is 150 Å². The number of nitrogens with one attached hydrogen (secondary N) is 1. The Hall–Kier alpha value is -1.48. The zero-order valence-electron chi connectivity index (χ0n) is 13.0. The van der Waals surface area contributed by atoms with Gasteiger partial charge in [0.2, 0.25) is 0 Å². The third kappa shape index (κ3) is 4.74. The maximum Gasteiger partial charge on any atom is 0.261 e. The largest absolute Gasteiger partial charge is 0.496 e. The second kappa shape index (κ2) is 7.39. The predicted molar refractivity (Wildman–Crippen MR) is 98.7 cm³/mol. The minimum absolute atomic E-state index is 0.0684. The van der Waals surface area contributed by atoms with Gasteiger partial charge >= 0.3 is 0 Å². The maximum atomic E-state index is 12.4. The predicted octanol–water partition coefficient (Wildman–Crippen LogP) is 3.89. The number of hydrogen-bond donors (Lipinski definition) is 1. The van der Waals surface area contributed by atoms with Gasteiger partial charge < -0.3 is 9.47 Å². The molecule has 0 bridgehead atoms. The lowest BCUT2D eigenvalue weighted by Gasteiger charge is -2.12. The van der Waals surface area contributed by atoms with Crippen molar-refractivity contribution in [2.45, 2.75) is 24.8 Å². The van der Waals surface area contributed by atoms with Crippen LogP contribution in [0.1, 0.15) is 13.8 Å². The number of anilines is 1. The highest BCUT2D eigenvalue weighted by Crippen LogP contribution is 2.25. The average molecular weight is 447 g/mol. The van der Waals surface area contributed by atoms with Crippen LogP contribution < -0.4 is 14.2 Å². The normalized spacial score (nSPS) is 11.3. The van der Waals surface area contributed by atoms with E-state index in [0.29, 0.717) is 17.2 Å². The van der Waals surface area contributed by atoms with E-state index in [1.54, 1.807) is 43.5 Å². The molecule has 23 heavy (non-hydrogen) atoms. The monoisotopic (exact) mass is 447 g/mol. The summed E-state index contributed by atoms with van der Waals surface area (Å²) < 4.78 is 38.8. The minimum atomic E-state index is -3.65. The average Bonchev–Trinajstić information content (AvgIpc) is 2.48. The Kier molecular flexibility index (Phi) is 5.74. The third-order valence-corrected chi connectivity index (χ3v) is 5.13. The van der Waals surface area contributed by atoms with Crippen LogP contribution in [0, 0.1) is 3.57 Å². The summed E-state index contributed by atoms with van der Waals surface area (Å²) in [5.41, 5.74) is 0.479. The van der Waals surface area contributed by atoms with Crippen molar-refractivity contribution in [1.29, 1.82) is 0 Å². The van der Waals surface area contributed by atoms with E-state index in [9.17, 15) is 8.42 Å². The summed E-state index contributed by atoms with van der Waals surface area (Å²) in [7, 11) is -2.10. The van der Waals surface area contributed by atoms with Crippen LogP contribution in [0.2, 0.25) is 0 Å². The van der Waals surface area contributed by atoms with Crippen molar-refractivity contribution in [3.05, 3.63) is 46.0 Å². The van der Waals surface area contributed by atoms with Crippen LogP contribution in [-0.2, 0) is 10.0 Å². The number of methoxy groups -OCH3 is 1. The second-order valence-electron chi connectivity index (χ2n) is 5.09. The fraction of sp³-hybridized carbons (Fsp3) is 0.250. The molecule has 0 aliphatic rings. The van der Waals surface area contributed by atoms with E-state index in [2.05, 4.69) is 4.72 Å². The van der Waals surface area contributed by atoms with Gasteiger partial charge in [-0.3, -0.25) is 4.72 Å². The molecule has 0 unspecified atom stereocenters. The molecule has 0 heterocycles. The van der Waals surface area contributed by atoms with Crippen LogP contribution in [0.5, 0.6) is 11.5 Å². The second-order valence-corrected chi connectivity index (χ2v) is 7.94. The summed E-state index contributed by atoms with van der Waals surface area (Å²) >= 11 is 2.04. The highest BCUT2D eigenvalue weighted by atomic mass is 127. The third-order valence-electron chi connectivity index (χ3n) is 2.91. The summed E-state index contributed by atoms with van der Waals surface area (Å²) in [4.78, 5) is 0.185. The van der Waals surface area contributed by atoms with Crippen molar-refractivity contribution < 1.29 is 17.9 Å². The van der Waals surface area contributed by atoms with Crippen LogP contribution in [0.3, 0.4) is 0 Å². The Morgan fingerprint density at radius 3 is 2.26 bits per heavy atom. The topological polar surface area (TPSA) is 64.6 Å². The molecule has 0 aromatic heterocycles. The molecule has 5 nitrogen and oxygen atoms in total. The van der Waals surface area contributed by atoms with Gasteiger partial charge in [-0.1, -0.05) is 0 Å². The molecule has 0 fully saturated rings. The summed E-state index contributed by atoms with van der Waals surface area (Å²) in [5, 5.41) is 0. The molecule has 0 radical (unpaired) electrons. The van der Waals surface area contributed by atoms with E-state index >= 15 is 0 Å². The van der Waals surface area contributed by atoms with Gasteiger partial charge in [-0.15, -0.1) is 0 Å². The van der Waals surface area contributed by atoms with Gasteiger partial charge in [-0.05, 0) is 78.9 Å². The molecule has 0 aliphatic carbocycles. The smallest absolute Gasteiger partial charge is 0.261 e.